The van der Waals surface area contributed by atoms with Crippen molar-refractivity contribution in [3.05, 3.63) is 60.9 Å². The molecule has 0 aliphatic carbocycles. The molecule has 7 nitrogen and oxygen atoms in total. The molecular formula is C25H29N5O2. The van der Waals surface area contributed by atoms with Crippen molar-refractivity contribution in [2.45, 2.75) is 18.9 Å². The zero-order valence-electron chi connectivity index (χ0n) is 18.5. The minimum Gasteiger partial charge on any atom is -0.497 e. The highest BCUT2D eigenvalue weighted by atomic mass is 16.5. The van der Waals surface area contributed by atoms with E-state index in [4.69, 9.17) is 4.74 Å². The van der Waals surface area contributed by atoms with Crippen molar-refractivity contribution >= 4 is 17.3 Å². The first-order valence-electron chi connectivity index (χ1n) is 11.1. The van der Waals surface area contributed by atoms with Crippen LogP contribution in [0.25, 0.3) is 11.1 Å². The fraction of sp³-hybridized carbons (Fsp3) is 0.360. The molecule has 3 aromatic rings. The van der Waals surface area contributed by atoms with E-state index in [1.165, 1.54) is 0 Å². The van der Waals surface area contributed by atoms with E-state index >= 15 is 0 Å². The summed E-state index contributed by atoms with van der Waals surface area (Å²) in [5.41, 5.74) is 3.87. The fourth-order valence-electron chi connectivity index (χ4n) is 4.97. The molecule has 0 radical (unpaired) electrons. The van der Waals surface area contributed by atoms with Crippen LogP contribution in [-0.2, 0) is 4.79 Å². The van der Waals surface area contributed by atoms with Crippen molar-refractivity contribution in [1.82, 2.24) is 15.1 Å². The average Bonchev–Trinajstić information content (AvgIpc) is 3.45. The van der Waals surface area contributed by atoms with Gasteiger partial charge >= 0.3 is 0 Å². The van der Waals surface area contributed by atoms with Crippen LogP contribution in [0.4, 0.5) is 11.4 Å². The number of benzene rings is 2. The Hall–Kier alpha value is -3.32. The summed E-state index contributed by atoms with van der Waals surface area (Å²) >= 11 is 0. The lowest BCUT2D eigenvalue weighted by Gasteiger charge is -2.40. The van der Waals surface area contributed by atoms with Crippen molar-refractivity contribution < 1.29 is 9.53 Å². The number of likely N-dealkylation sites (tertiary alicyclic amines) is 1. The van der Waals surface area contributed by atoms with Crippen LogP contribution in [0.1, 0.15) is 12.8 Å². The molecule has 1 unspecified atom stereocenters. The first-order valence-corrected chi connectivity index (χ1v) is 11.1. The summed E-state index contributed by atoms with van der Waals surface area (Å²) in [6, 6.07) is 15.7. The molecule has 2 aromatic carbocycles. The van der Waals surface area contributed by atoms with Crippen LogP contribution in [0.15, 0.2) is 60.9 Å². The van der Waals surface area contributed by atoms with Gasteiger partial charge in [-0.3, -0.25) is 9.89 Å². The average molecular weight is 432 g/mol. The van der Waals surface area contributed by atoms with Gasteiger partial charge in [0.1, 0.15) is 11.8 Å². The molecule has 1 atom stereocenters. The molecule has 0 bridgehead atoms. The monoisotopic (exact) mass is 431 g/mol. The Morgan fingerprint density at radius 2 is 1.91 bits per heavy atom. The molecule has 1 aromatic heterocycles. The molecule has 166 valence electrons. The summed E-state index contributed by atoms with van der Waals surface area (Å²) < 4.78 is 5.38. The number of nitrogens with zero attached hydrogens (tertiary/aromatic N) is 3. The van der Waals surface area contributed by atoms with Gasteiger partial charge in [0.05, 0.1) is 13.3 Å². The van der Waals surface area contributed by atoms with Crippen LogP contribution < -0.4 is 15.0 Å². The Balaban J connectivity index is 1.44. The minimum atomic E-state index is -0.267. The summed E-state index contributed by atoms with van der Waals surface area (Å²) in [6.45, 7) is 2.72. The van der Waals surface area contributed by atoms with Gasteiger partial charge in [-0.05, 0) is 62.8 Å². The van der Waals surface area contributed by atoms with Crippen molar-refractivity contribution in [3.8, 4) is 16.9 Å². The van der Waals surface area contributed by atoms with Crippen molar-refractivity contribution in [2.75, 3.05) is 44.0 Å². The highest BCUT2D eigenvalue weighted by molar-refractivity contribution is 6.02. The Morgan fingerprint density at radius 1 is 1.12 bits per heavy atom. The van der Waals surface area contributed by atoms with E-state index in [2.05, 4.69) is 39.6 Å². The predicted molar refractivity (Wildman–Crippen MR) is 126 cm³/mol. The number of carbonyl (C=O) groups excluding carboxylic acids is 1. The number of hydrogen-bond acceptors (Lipinski definition) is 5. The zero-order chi connectivity index (χ0) is 22.1. The van der Waals surface area contributed by atoms with E-state index in [0.29, 0.717) is 0 Å². The van der Waals surface area contributed by atoms with E-state index in [-0.39, 0.29) is 17.4 Å². The van der Waals surface area contributed by atoms with Gasteiger partial charge in [0, 0.05) is 41.2 Å². The second kappa shape index (κ2) is 8.31. The molecule has 1 spiro atoms. The van der Waals surface area contributed by atoms with E-state index < -0.39 is 0 Å². The number of anilines is 2. The molecule has 2 fully saturated rings. The summed E-state index contributed by atoms with van der Waals surface area (Å²) in [5.74, 6) is 0.915. The first-order chi connectivity index (χ1) is 15.6. The van der Waals surface area contributed by atoms with E-state index in [1.54, 1.807) is 13.3 Å². The van der Waals surface area contributed by atoms with Crippen LogP contribution in [0.2, 0.25) is 0 Å². The van der Waals surface area contributed by atoms with E-state index in [9.17, 15) is 4.79 Å². The first kappa shape index (κ1) is 20.6. The van der Waals surface area contributed by atoms with Gasteiger partial charge in [-0.15, -0.1) is 0 Å². The lowest BCUT2D eigenvalue weighted by Crippen LogP contribution is -2.48. The lowest BCUT2D eigenvalue weighted by molar-refractivity contribution is -0.118. The summed E-state index contributed by atoms with van der Waals surface area (Å²) in [6.07, 6.45) is 5.65. The highest BCUT2D eigenvalue weighted by Gasteiger charge is 2.53. The lowest BCUT2D eigenvalue weighted by atomic mass is 9.74. The fourth-order valence-corrected chi connectivity index (χ4v) is 4.97. The standard InChI is InChI=1S/C25H29N5O2/c1-29-12-10-25(11-13-29)17-30(21-8-6-18(7-9-21)19-15-26-27-16-19)24(31)23(25)28-20-4-3-5-22(14-20)32-2/h3-9,14-16,23,28H,10-13,17H2,1-2H3,(H,26,27). The smallest absolute Gasteiger partial charge is 0.250 e. The molecule has 3 heterocycles. The SMILES string of the molecule is COc1cccc(NC2C(=O)N(c3ccc(-c4cn[nH]c4)cc3)CC23CCN(C)CC3)c1. The molecule has 2 aliphatic rings. The van der Waals surface area contributed by atoms with Gasteiger partial charge in [-0.1, -0.05) is 18.2 Å². The second-order valence-electron chi connectivity index (χ2n) is 8.93. The Kier molecular flexibility index (Phi) is 5.35. The van der Waals surface area contributed by atoms with Crippen LogP contribution in [-0.4, -0.2) is 60.8 Å². The van der Waals surface area contributed by atoms with E-state index in [0.717, 1.165) is 60.7 Å². The van der Waals surface area contributed by atoms with Crippen LogP contribution >= 0.6 is 0 Å². The Bertz CT molecular complexity index is 1070. The minimum absolute atomic E-state index is 0.101. The number of H-pyrrole nitrogens is 1. The molecule has 2 saturated heterocycles. The third kappa shape index (κ3) is 3.73. The number of piperidine rings is 1. The number of methoxy groups -OCH3 is 1. The largest absolute Gasteiger partial charge is 0.497 e. The second-order valence-corrected chi connectivity index (χ2v) is 8.93. The van der Waals surface area contributed by atoms with Gasteiger partial charge in [0.25, 0.3) is 0 Å². The number of ether oxygens (including phenoxy) is 1. The van der Waals surface area contributed by atoms with Crippen LogP contribution in [0.5, 0.6) is 5.75 Å². The topological polar surface area (TPSA) is 73.5 Å². The number of aromatic nitrogens is 2. The normalized spacial score (nSPS) is 20.6. The van der Waals surface area contributed by atoms with Gasteiger partial charge in [-0.2, -0.15) is 5.10 Å². The quantitative estimate of drug-likeness (QED) is 0.646. The number of nitrogens with one attached hydrogen (secondary N) is 2. The van der Waals surface area contributed by atoms with Gasteiger partial charge in [0.2, 0.25) is 5.91 Å². The molecule has 5 rings (SSSR count). The molecule has 0 saturated carbocycles. The van der Waals surface area contributed by atoms with Gasteiger partial charge in [-0.25, -0.2) is 0 Å². The number of hydrogen-bond donors (Lipinski definition) is 2. The van der Waals surface area contributed by atoms with Gasteiger partial charge in [0.15, 0.2) is 0 Å². The van der Waals surface area contributed by atoms with Crippen LogP contribution in [0, 0.1) is 5.41 Å². The number of amides is 1. The van der Waals surface area contributed by atoms with Gasteiger partial charge < -0.3 is 19.9 Å². The van der Waals surface area contributed by atoms with Crippen molar-refractivity contribution in [2.24, 2.45) is 5.41 Å². The number of rotatable bonds is 5. The predicted octanol–water partition coefficient (Wildman–Crippen LogP) is 3.62. The molecule has 7 heteroatoms. The Labute approximate surface area is 188 Å². The number of aromatic amines is 1. The van der Waals surface area contributed by atoms with Crippen molar-refractivity contribution in [1.29, 1.82) is 0 Å². The maximum absolute atomic E-state index is 13.7. The van der Waals surface area contributed by atoms with Crippen LogP contribution in [0.3, 0.4) is 0 Å². The molecule has 1 amide bonds. The third-order valence-electron chi connectivity index (χ3n) is 6.97. The molecule has 32 heavy (non-hydrogen) atoms. The molecule has 2 N–H and O–H groups in total. The summed E-state index contributed by atoms with van der Waals surface area (Å²) in [5, 5.41) is 10.4. The maximum Gasteiger partial charge on any atom is 0.250 e. The summed E-state index contributed by atoms with van der Waals surface area (Å²) in [7, 11) is 3.81. The summed E-state index contributed by atoms with van der Waals surface area (Å²) in [4.78, 5) is 18.0. The molecule has 2 aliphatic heterocycles. The molecular weight excluding hydrogens is 402 g/mol. The Morgan fingerprint density at radius 3 is 2.59 bits per heavy atom. The number of carbonyl (C=O) groups is 1. The highest BCUT2D eigenvalue weighted by Crippen LogP contribution is 2.44. The van der Waals surface area contributed by atoms with E-state index in [1.807, 2.05) is 47.5 Å². The third-order valence-corrected chi connectivity index (χ3v) is 6.97. The zero-order valence-corrected chi connectivity index (χ0v) is 18.5. The van der Waals surface area contributed by atoms with Crippen molar-refractivity contribution in [3.63, 3.8) is 0 Å². The maximum atomic E-state index is 13.7.